The lowest BCUT2D eigenvalue weighted by molar-refractivity contribution is 0.880. The van der Waals surface area contributed by atoms with Crippen molar-refractivity contribution in [1.29, 1.82) is 0 Å². The van der Waals surface area contributed by atoms with Gasteiger partial charge in [-0.3, -0.25) is 4.99 Å². The molecule has 0 saturated carbocycles. The second kappa shape index (κ2) is 8.98. The molecule has 1 atom stereocenters. The van der Waals surface area contributed by atoms with Gasteiger partial charge in [0.2, 0.25) is 0 Å². The number of hydrogen-bond donors (Lipinski definition) is 0. The van der Waals surface area contributed by atoms with Gasteiger partial charge in [0.05, 0.1) is 0 Å². The highest BCUT2D eigenvalue weighted by atomic mass is 14.7. The summed E-state index contributed by atoms with van der Waals surface area (Å²) in [4.78, 5) is 4.76. The van der Waals surface area contributed by atoms with E-state index in [0.29, 0.717) is 5.92 Å². The van der Waals surface area contributed by atoms with Crippen molar-refractivity contribution in [1.82, 2.24) is 0 Å². The Hall–Kier alpha value is -1.11. The Balaban J connectivity index is 2.63. The summed E-state index contributed by atoms with van der Waals surface area (Å²) in [7, 11) is 0. The molecule has 0 fully saturated rings. The minimum Gasteiger partial charge on any atom is -0.293 e. The first kappa shape index (κ1) is 14.0. The second-order valence-electron chi connectivity index (χ2n) is 4.54. The van der Waals surface area contributed by atoms with Crippen molar-refractivity contribution in [3.8, 4) is 0 Å². The summed E-state index contributed by atoms with van der Waals surface area (Å²) in [6.45, 7) is 5.26. The maximum absolute atomic E-state index is 4.76. The minimum atomic E-state index is 0.486. The van der Waals surface area contributed by atoms with E-state index in [1.807, 2.05) is 0 Å². The fraction of sp³-hybridized carbons (Fsp3) is 0.562. The van der Waals surface area contributed by atoms with Crippen molar-refractivity contribution in [3.05, 3.63) is 36.5 Å². The lowest BCUT2D eigenvalue weighted by Gasteiger charge is -2.10. The van der Waals surface area contributed by atoms with Crippen LogP contribution in [-0.4, -0.2) is 12.3 Å². The average Bonchev–Trinajstić information content (AvgIpc) is 2.30. The van der Waals surface area contributed by atoms with Crippen LogP contribution in [0.1, 0.15) is 46.0 Å². The summed E-state index contributed by atoms with van der Waals surface area (Å²) >= 11 is 0. The Kier molecular flexibility index (Phi) is 7.37. The van der Waals surface area contributed by atoms with Crippen molar-refractivity contribution >= 4 is 5.71 Å². The van der Waals surface area contributed by atoms with Gasteiger partial charge in [0, 0.05) is 18.2 Å². The molecule has 94 valence electrons. The van der Waals surface area contributed by atoms with E-state index >= 15 is 0 Å². The first-order valence-corrected chi connectivity index (χ1v) is 6.80. The predicted molar refractivity (Wildman–Crippen MR) is 77.6 cm³/mol. The van der Waals surface area contributed by atoms with Gasteiger partial charge in [-0.15, -0.1) is 0 Å². The number of hydrogen-bond acceptors (Lipinski definition) is 1. The quantitative estimate of drug-likeness (QED) is 0.610. The molecular formula is C16H25N. The van der Waals surface area contributed by atoms with Crippen molar-refractivity contribution < 1.29 is 0 Å². The van der Waals surface area contributed by atoms with Crippen LogP contribution in [0, 0.1) is 5.92 Å². The van der Waals surface area contributed by atoms with Gasteiger partial charge in [0.15, 0.2) is 0 Å². The van der Waals surface area contributed by atoms with Crippen LogP contribution < -0.4 is 0 Å². The number of nitrogens with zero attached hydrogens (tertiary/aromatic N) is 1. The summed E-state index contributed by atoms with van der Waals surface area (Å²) in [5, 5.41) is 0. The van der Waals surface area contributed by atoms with Crippen LogP contribution >= 0.6 is 0 Å². The monoisotopic (exact) mass is 231 g/mol. The average molecular weight is 231 g/mol. The molecule has 0 aromatic heterocycles. The number of aliphatic imine (C=N–C) groups is 1. The van der Waals surface area contributed by atoms with Gasteiger partial charge in [-0.25, -0.2) is 0 Å². The summed E-state index contributed by atoms with van der Waals surface area (Å²) < 4.78 is 0. The van der Waals surface area contributed by atoms with Crippen molar-refractivity contribution in [2.45, 2.75) is 46.0 Å². The molecule has 1 aliphatic rings. The smallest absolute Gasteiger partial charge is 0.0423 e. The van der Waals surface area contributed by atoms with Crippen molar-refractivity contribution in [2.24, 2.45) is 10.9 Å². The van der Waals surface area contributed by atoms with Gasteiger partial charge in [-0.1, -0.05) is 43.4 Å². The van der Waals surface area contributed by atoms with Crippen molar-refractivity contribution in [2.75, 3.05) is 6.54 Å². The van der Waals surface area contributed by atoms with E-state index in [0.717, 1.165) is 25.8 Å². The van der Waals surface area contributed by atoms with Gasteiger partial charge in [-0.05, 0) is 39.0 Å². The maximum atomic E-state index is 4.76. The van der Waals surface area contributed by atoms with Crippen LogP contribution in [0.3, 0.4) is 0 Å². The number of rotatable bonds is 2. The molecule has 1 unspecified atom stereocenters. The molecular weight excluding hydrogens is 206 g/mol. The molecule has 0 aliphatic carbocycles. The molecule has 0 amide bonds. The third kappa shape index (κ3) is 6.25. The topological polar surface area (TPSA) is 12.4 Å². The Labute approximate surface area is 106 Å². The summed E-state index contributed by atoms with van der Waals surface area (Å²) in [6, 6.07) is 0. The molecule has 0 aromatic rings. The molecule has 1 nitrogen and oxygen atoms in total. The normalized spacial score (nSPS) is 24.5. The molecule has 1 aliphatic heterocycles. The van der Waals surface area contributed by atoms with Gasteiger partial charge < -0.3 is 0 Å². The predicted octanol–water partition coefficient (Wildman–Crippen LogP) is 4.72. The molecule has 0 spiro atoms. The second-order valence-corrected chi connectivity index (χ2v) is 4.54. The highest BCUT2D eigenvalue weighted by molar-refractivity contribution is 5.88. The van der Waals surface area contributed by atoms with Crippen LogP contribution in [0.25, 0.3) is 0 Å². The highest BCUT2D eigenvalue weighted by Gasteiger charge is 2.05. The SMILES string of the molecule is CC=CC(C)C1=NCC/C=C/CC/C=C/CC1. The zero-order valence-corrected chi connectivity index (χ0v) is 11.2. The minimum absolute atomic E-state index is 0.486. The fourth-order valence-corrected chi connectivity index (χ4v) is 2.03. The van der Waals surface area contributed by atoms with Gasteiger partial charge in [0.1, 0.15) is 0 Å². The Morgan fingerprint density at radius 1 is 1.06 bits per heavy atom. The van der Waals surface area contributed by atoms with Crippen LogP contribution in [0.15, 0.2) is 41.4 Å². The fourth-order valence-electron chi connectivity index (χ4n) is 2.03. The molecule has 17 heavy (non-hydrogen) atoms. The third-order valence-electron chi connectivity index (χ3n) is 3.02. The Morgan fingerprint density at radius 2 is 1.71 bits per heavy atom. The van der Waals surface area contributed by atoms with E-state index in [2.05, 4.69) is 50.3 Å². The maximum Gasteiger partial charge on any atom is 0.0423 e. The summed E-state index contributed by atoms with van der Waals surface area (Å²) in [6.07, 6.45) is 19.1. The zero-order chi connectivity index (χ0) is 12.3. The van der Waals surface area contributed by atoms with E-state index in [1.54, 1.807) is 0 Å². The first-order valence-electron chi connectivity index (χ1n) is 6.80. The zero-order valence-electron chi connectivity index (χ0n) is 11.2. The largest absolute Gasteiger partial charge is 0.293 e. The molecule has 0 bridgehead atoms. The third-order valence-corrected chi connectivity index (χ3v) is 3.02. The molecule has 0 N–H and O–H groups in total. The van der Waals surface area contributed by atoms with Gasteiger partial charge >= 0.3 is 0 Å². The molecule has 0 saturated heterocycles. The van der Waals surface area contributed by atoms with Crippen LogP contribution in [0.2, 0.25) is 0 Å². The molecule has 1 heteroatoms. The van der Waals surface area contributed by atoms with Gasteiger partial charge in [-0.2, -0.15) is 0 Å². The van der Waals surface area contributed by atoms with Crippen LogP contribution in [0.4, 0.5) is 0 Å². The summed E-state index contributed by atoms with van der Waals surface area (Å²) in [5.74, 6) is 0.486. The lowest BCUT2D eigenvalue weighted by Crippen LogP contribution is -2.09. The number of allylic oxidation sites excluding steroid dienone is 5. The first-order chi connectivity index (χ1) is 8.34. The lowest BCUT2D eigenvalue weighted by atomic mass is 10.00. The molecule has 0 radical (unpaired) electrons. The highest BCUT2D eigenvalue weighted by Crippen LogP contribution is 2.10. The standard InChI is InChI=1S/C16H25N/c1-3-12-15(2)16-13-10-8-6-4-5-7-9-11-14-17-16/h3,6-9,12,15H,4-5,10-11,13-14H2,1-2H3/b8-6+,9-7+,12-3?,17-16?. The van der Waals surface area contributed by atoms with E-state index in [9.17, 15) is 0 Å². The van der Waals surface area contributed by atoms with E-state index in [-0.39, 0.29) is 0 Å². The van der Waals surface area contributed by atoms with E-state index < -0.39 is 0 Å². The Bertz CT molecular complexity index is 307. The van der Waals surface area contributed by atoms with Crippen molar-refractivity contribution in [3.63, 3.8) is 0 Å². The van der Waals surface area contributed by atoms with Crippen LogP contribution in [-0.2, 0) is 0 Å². The molecule has 1 heterocycles. The van der Waals surface area contributed by atoms with E-state index in [1.165, 1.54) is 18.6 Å². The Morgan fingerprint density at radius 3 is 2.41 bits per heavy atom. The summed E-state index contributed by atoms with van der Waals surface area (Å²) in [5.41, 5.74) is 1.35. The van der Waals surface area contributed by atoms with Crippen LogP contribution in [0.5, 0.6) is 0 Å². The van der Waals surface area contributed by atoms with E-state index in [4.69, 9.17) is 4.99 Å². The molecule has 0 aromatic carbocycles. The molecule has 1 rings (SSSR count). The van der Waals surface area contributed by atoms with Gasteiger partial charge in [0.25, 0.3) is 0 Å².